The van der Waals surface area contributed by atoms with Gasteiger partial charge in [0, 0.05) is 12.1 Å². The average Bonchev–Trinajstić information content (AvgIpc) is 2.57. The number of anilines is 2. The Bertz CT molecular complexity index is 395. The van der Waals surface area contributed by atoms with E-state index >= 15 is 0 Å². The summed E-state index contributed by atoms with van der Waals surface area (Å²) < 4.78 is 5.13. The molecule has 2 atom stereocenters. The fraction of sp³-hybridized carbons (Fsp3) is 0.643. The van der Waals surface area contributed by atoms with E-state index in [-0.39, 0.29) is 0 Å². The molecular weight excluding hydrogens is 226 g/mol. The van der Waals surface area contributed by atoms with Crippen LogP contribution in [0.15, 0.2) is 12.1 Å². The topological polar surface area (TPSA) is 60.2 Å². The smallest absolute Gasteiger partial charge is 0.215 e. The molecule has 0 aliphatic heterocycles. The molecule has 100 valence electrons. The van der Waals surface area contributed by atoms with E-state index in [2.05, 4.69) is 17.2 Å². The first-order valence-corrected chi connectivity index (χ1v) is 6.76. The fourth-order valence-corrected chi connectivity index (χ4v) is 2.51. The zero-order valence-corrected chi connectivity index (χ0v) is 11.3. The summed E-state index contributed by atoms with van der Waals surface area (Å²) in [5.74, 6) is 2.20. The second kappa shape index (κ2) is 5.94. The van der Waals surface area contributed by atoms with Gasteiger partial charge in [-0.25, -0.2) is 0 Å². The number of pyridine rings is 1. The van der Waals surface area contributed by atoms with Crippen molar-refractivity contribution < 1.29 is 4.74 Å². The van der Waals surface area contributed by atoms with Crippen LogP contribution in [0, 0.1) is 5.92 Å². The molecule has 18 heavy (non-hydrogen) atoms. The fourth-order valence-electron chi connectivity index (χ4n) is 2.51. The molecule has 1 aliphatic carbocycles. The summed E-state index contributed by atoms with van der Waals surface area (Å²) in [4.78, 5) is 4.38. The van der Waals surface area contributed by atoms with Crippen LogP contribution >= 0.6 is 0 Å². The minimum absolute atomic E-state index is 0.483. The van der Waals surface area contributed by atoms with Gasteiger partial charge in [0.2, 0.25) is 5.88 Å². The van der Waals surface area contributed by atoms with Gasteiger partial charge in [0.05, 0.1) is 12.8 Å². The number of methoxy groups -OCH3 is 1. The lowest BCUT2D eigenvalue weighted by atomic mass is 10.0. The second-order valence-electron chi connectivity index (χ2n) is 5.25. The first-order valence-electron chi connectivity index (χ1n) is 6.76. The largest absolute Gasteiger partial charge is 0.481 e. The highest BCUT2D eigenvalue weighted by Gasteiger charge is 2.17. The monoisotopic (exact) mass is 249 g/mol. The number of aromatic nitrogens is 1. The van der Waals surface area contributed by atoms with Gasteiger partial charge in [-0.2, -0.15) is 4.98 Å². The Morgan fingerprint density at radius 1 is 1.28 bits per heavy atom. The van der Waals surface area contributed by atoms with Crippen molar-refractivity contribution in [3.8, 4) is 5.88 Å². The highest BCUT2D eigenvalue weighted by atomic mass is 16.5. The Labute approximate surface area is 109 Å². The number of nitrogen functional groups attached to an aromatic ring is 1. The standard InChI is InChI=1S/C14H23N3O/c1-10-4-3-5-11(7-6-10)16-14-12(15)8-9-13(17-14)18-2/h8-11H,3-7,15H2,1-2H3,(H,16,17). The van der Waals surface area contributed by atoms with E-state index in [0.29, 0.717) is 17.6 Å². The van der Waals surface area contributed by atoms with E-state index in [9.17, 15) is 0 Å². The highest BCUT2D eigenvalue weighted by molar-refractivity contribution is 5.62. The third-order valence-corrected chi connectivity index (χ3v) is 3.71. The molecule has 0 spiro atoms. The molecule has 1 aliphatic rings. The van der Waals surface area contributed by atoms with E-state index in [0.717, 1.165) is 11.7 Å². The van der Waals surface area contributed by atoms with Crippen LogP contribution in [-0.4, -0.2) is 18.1 Å². The molecule has 0 radical (unpaired) electrons. The van der Waals surface area contributed by atoms with Gasteiger partial charge >= 0.3 is 0 Å². The van der Waals surface area contributed by atoms with Crippen LogP contribution in [0.5, 0.6) is 5.88 Å². The molecule has 0 aromatic carbocycles. The molecule has 2 rings (SSSR count). The lowest BCUT2D eigenvalue weighted by Gasteiger charge is -2.18. The summed E-state index contributed by atoms with van der Waals surface area (Å²) in [6, 6.07) is 4.11. The highest BCUT2D eigenvalue weighted by Crippen LogP contribution is 2.27. The number of hydrogen-bond donors (Lipinski definition) is 2. The van der Waals surface area contributed by atoms with Crippen molar-refractivity contribution in [2.45, 2.75) is 45.1 Å². The Kier molecular flexibility index (Phi) is 4.28. The predicted molar refractivity (Wildman–Crippen MR) is 74.9 cm³/mol. The summed E-state index contributed by atoms with van der Waals surface area (Å²) in [5.41, 5.74) is 6.64. The molecule has 0 bridgehead atoms. The molecule has 1 fully saturated rings. The SMILES string of the molecule is COc1ccc(N)c(NC2CCCC(C)CC2)n1. The normalized spacial score (nSPS) is 24.3. The second-order valence-corrected chi connectivity index (χ2v) is 5.25. The average molecular weight is 249 g/mol. The van der Waals surface area contributed by atoms with Crippen molar-refractivity contribution in [1.29, 1.82) is 0 Å². The van der Waals surface area contributed by atoms with Crippen LogP contribution in [0.4, 0.5) is 11.5 Å². The number of nitrogens with two attached hydrogens (primary N) is 1. The number of hydrogen-bond acceptors (Lipinski definition) is 4. The van der Waals surface area contributed by atoms with Crippen LogP contribution in [0.25, 0.3) is 0 Å². The lowest BCUT2D eigenvalue weighted by Crippen LogP contribution is -2.20. The van der Waals surface area contributed by atoms with Gasteiger partial charge in [-0.15, -0.1) is 0 Å². The predicted octanol–water partition coefficient (Wildman–Crippen LogP) is 3.05. The number of nitrogens with one attached hydrogen (secondary N) is 1. The van der Waals surface area contributed by atoms with E-state index in [4.69, 9.17) is 10.5 Å². The van der Waals surface area contributed by atoms with Gasteiger partial charge in [-0.05, 0) is 31.2 Å². The third kappa shape index (κ3) is 3.28. The molecule has 4 nitrogen and oxygen atoms in total. The lowest BCUT2D eigenvalue weighted by molar-refractivity contribution is 0.398. The molecule has 0 amide bonds. The molecule has 1 heterocycles. The number of ether oxygens (including phenoxy) is 1. The minimum atomic E-state index is 0.483. The molecule has 0 saturated heterocycles. The van der Waals surface area contributed by atoms with Crippen LogP contribution in [0.1, 0.15) is 39.0 Å². The maximum absolute atomic E-state index is 5.95. The van der Waals surface area contributed by atoms with Crippen LogP contribution in [0.2, 0.25) is 0 Å². The van der Waals surface area contributed by atoms with Crippen molar-refractivity contribution in [2.75, 3.05) is 18.2 Å². The Morgan fingerprint density at radius 3 is 2.89 bits per heavy atom. The third-order valence-electron chi connectivity index (χ3n) is 3.71. The first kappa shape index (κ1) is 13.0. The van der Waals surface area contributed by atoms with Gasteiger partial charge in [0.25, 0.3) is 0 Å². The maximum Gasteiger partial charge on any atom is 0.215 e. The zero-order chi connectivity index (χ0) is 13.0. The Morgan fingerprint density at radius 2 is 2.11 bits per heavy atom. The van der Waals surface area contributed by atoms with Crippen molar-refractivity contribution in [1.82, 2.24) is 4.98 Å². The van der Waals surface area contributed by atoms with Crippen LogP contribution in [-0.2, 0) is 0 Å². The molecule has 1 saturated carbocycles. The van der Waals surface area contributed by atoms with Gasteiger partial charge < -0.3 is 15.8 Å². The molecule has 2 unspecified atom stereocenters. The molecule has 3 N–H and O–H groups in total. The van der Waals surface area contributed by atoms with Gasteiger partial charge in [0.15, 0.2) is 5.82 Å². The van der Waals surface area contributed by atoms with Crippen LogP contribution < -0.4 is 15.8 Å². The number of rotatable bonds is 3. The van der Waals surface area contributed by atoms with Crippen molar-refractivity contribution in [3.63, 3.8) is 0 Å². The minimum Gasteiger partial charge on any atom is -0.481 e. The quantitative estimate of drug-likeness (QED) is 0.808. The van der Waals surface area contributed by atoms with Gasteiger partial charge in [-0.1, -0.05) is 19.8 Å². The molecule has 1 aromatic heterocycles. The Balaban J connectivity index is 2.03. The molecule has 4 heteroatoms. The van der Waals surface area contributed by atoms with Crippen molar-refractivity contribution in [2.24, 2.45) is 5.92 Å². The van der Waals surface area contributed by atoms with Crippen molar-refractivity contribution in [3.05, 3.63) is 12.1 Å². The van der Waals surface area contributed by atoms with E-state index < -0.39 is 0 Å². The maximum atomic E-state index is 5.95. The summed E-state index contributed by atoms with van der Waals surface area (Å²) >= 11 is 0. The first-order chi connectivity index (χ1) is 8.69. The zero-order valence-electron chi connectivity index (χ0n) is 11.3. The Hall–Kier alpha value is -1.45. The summed E-state index contributed by atoms with van der Waals surface area (Å²) in [6.07, 6.45) is 6.28. The van der Waals surface area contributed by atoms with Gasteiger partial charge in [-0.3, -0.25) is 0 Å². The van der Waals surface area contributed by atoms with E-state index in [1.165, 1.54) is 32.1 Å². The van der Waals surface area contributed by atoms with Gasteiger partial charge in [0.1, 0.15) is 0 Å². The van der Waals surface area contributed by atoms with Crippen molar-refractivity contribution >= 4 is 11.5 Å². The van der Waals surface area contributed by atoms with E-state index in [1.807, 2.05) is 6.07 Å². The van der Waals surface area contributed by atoms with Crippen LogP contribution in [0.3, 0.4) is 0 Å². The summed E-state index contributed by atoms with van der Waals surface area (Å²) in [5, 5.41) is 3.47. The summed E-state index contributed by atoms with van der Waals surface area (Å²) in [7, 11) is 1.62. The molecule has 1 aromatic rings. The summed E-state index contributed by atoms with van der Waals surface area (Å²) in [6.45, 7) is 2.33. The number of nitrogens with zero attached hydrogens (tertiary/aromatic N) is 1. The van der Waals surface area contributed by atoms with E-state index in [1.54, 1.807) is 13.2 Å². The molecular formula is C14H23N3O.